The van der Waals surface area contributed by atoms with Gasteiger partial charge >= 0.3 is 0 Å². The van der Waals surface area contributed by atoms with Crippen LogP contribution >= 0.6 is 11.6 Å². The van der Waals surface area contributed by atoms with E-state index in [1.807, 2.05) is 45.0 Å². The molecule has 0 spiro atoms. The molecule has 3 aromatic carbocycles. The van der Waals surface area contributed by atoms with Crippen molar-refractivity contribution in [1.29, 1.82) is 0 Å². The summed E-state index contributed by atoms with van der Waals surface area (Å²) in [5, 5.41) is 3.22. The van der Waals surface area contributed by atoms with E-state index in [4.69, 9.17) is 11.6 Å². The number of benzene rings is 3. The smallest absolute Gasteiger partial charge is 0.264 e. The summed E-state index contributed by atoms with van der Waals surface area (Å²) in [5.41, 5.74) is 2.12. The molecule has 202 valence electrons. The average molecular weight is 556 g/mol. The quantitative estimate of drug-likeness (QED) is 0.334. The van der Waals surface area contributed by atoms with E-state index in [1.165, 1.54) is 23.1 Å². The highest BCUT2D eigenvalue weighted by molar-refractivity contribution is 7.92. The molecule has 0 unspecified atom stereocenters. The summed E-state index contributed by atoms with van der Waals surface area (Å²) in [6.45, 7) is 5.89. The van der Waals surface area contributed by atoms with Crippen molar-refractivity contribution in [2.45, 2.75) is 51.1 Å². The van der Waals surface area contributed by atoms with E-state index in [-0.39, 0.29) is 23.0 Å². The summed E-state index contributed by atoms with van der Waals surface area (Å²) in [4.78, 5) is 28.6. The molecule has 0 fully saturated rings. The van der Waals surface area contributed by atoms with E-state index in [1.54, 1.807) is 36.4 Å². The molecular weight excluding hydrogens is 522 g/mol. The maximum absolute atomic E-state index is 14.0. The number of amides is 2. The van der Waals surface area contributed by atoms with Gasteiger partial charge in [0.2, 0.25) is 11.8 Å². The highest BCUT2D eigenvalue weighted by Gasteiger charge is 2.33. The van der Waals surface area contributed by atoms with Gasteiger partial charge in [-0.3, -0.25) is 13.9 Å². The van der Waals surface area contributed by atoms with Gasteiger partial charge < -0.3 is 10.2 Å². The Hall–Kier alpha value is -3.36. The van der Waals surface area contributed by atoms with Gasteiger partial charge in [-0.05, 0) is 55.7 Å². The third-order valence-corrected chi connectivity index (χ3v) is 8.10. The Kier molecular flexibility index (Phi) is 10.3. The fourth-order valence-electron chi connectivity index (χ4n) is 4.17. The van der Waals surface area contributed by atoms with Crippen LogP contribution in [-0.2, 0) is 26.2 Å². The van der Waals surface area contributed by atoms with Crippen molar-refractivity contribution >= 4 is 39.1 Å². The molecule has 7 nitrogen and oxygen atoms in total. The zero-order valence-corrected chi connectivity index (χ0v) is 23.5. The number of carbonyl (C=O) groups is 2. The third-order valence-electron chi connectivity index (χ3n) is 6.08. The van der Waals surface area contributed by atoms with Gasteiger partial charge in [-0.25, -0.2) is 8.42 Å². The highest BCUT2D eigenvalue weighted by atomic mass is 35.5. The second-order valence-electron chi connectivity index (χ2n) is 9.03. The van der Waals surface area contributed by atoms with Crippen LogP contribution in [0.15, 0.2) is 83.8 Å². The summed E-state index contributed by atoms with van der Waals surface area (Å²) in [7, 11) is -4.12. The van der Waals surface area contributed by atoms with Crippen LogP contribution in [-0.4, -0.2) is 44.3 Å². The maximum Gasteiger partial charge on any atom is 0.264 e. The number of carbonyl (C=O) groups excluding carboxylic acids is 2. The Labute approximate surface area is 230 Å². The molecule has 0 aromatic heterocycles. The molecule has 2 amide bonds. The summed E-state index contributed by atoms with van der Waals surface area (Å²) in [6.07, 6.45) is 1.13. The van der Waals surface area contributed by atoms with Crippen molar-refractivity contribution < 1.29 is 18.0 Å². The first-order chi connectivity index (χ1) is 18.2. The summed E-state index contributed by atoms with van der Waals surface area (Å²) >= 11 is 6.20. The van der Waals surface area contributed by atoms with Crippen LogP contribution in [0.3, 0.4) is 0 Å². The fourth-order valence-corrected chi connectivity index (χ4v) is 5.78. The standard InChI is InChI=1S/C29H34ClN3O4S/c1-4-17-31-29(35)27(5-2)32(20-23-12-9-11-22(3)18-23)28(34)21-33(25-14-10-13-24(30)19-25)38(36,37)26-15-7-6-8-16-26/h6-16,18-19,27H,4-5,17,20-21H2,1-3H3,(H,31,35)/t27-/m1/s1. The lowest BCUT2D eigenvalue weighted by Crippen LogP contribution is -2.52. The lowest BCUT2D eigenvalue weighted by molar-refractivity contribution is -0.140. The molecule has 0 aliphatic rings. The van der Waals surface area contributed by atoms with Crippen LogP contribution in [0.1, 0.15) is 37.8 Å². The molecule has 0 saturated heterocycles. The van der Waals surface area contributed by atoms with Crippen molar-refractivity contribution in [3.8, 4) is 0 Å². The molecule has 3 aromatic rings. The lowest BCUT2D eigenvalue weighted by atomic mass is 10.1. The molecule has 1 atom stereocenters. The zero-order valence-electron chi connectivity index (χ0n) is 21.9. The molecule has 0 saturated carbocycles. The molecule has 38 heavy (non-hydrogen) atoms. The second-order valence-corrected chi connectivity index (χ2v) is 11.3. The predicted molar refractivity (Wildman–Crippen MR) is 152 cm³/mol. The summed E-state index contributed by atoms with van der Waals surface area (Å²) in [5.74, 6) is -0.764. The normalized spacial score (nSPS) is 12.0. The van der Waals surface area contributed by atoms with Gasteiger partial charge in [-0.2, -0.15) is 0 Å². The molecular formula is C29H34ClN3O4S. The van der Waals surface area contributed by atoms with Gasteiger partial charge in [-0.1, -0.05) is 79.5 Å². The monoisotopic (exact) mass is 555 g/mol. The fraction of sp³-hybridized carbons (Fsp3) is 0.310. The van der Waals surface area contributed by atoms with Crippen LogP contribution in [0.4, 0.5) is 5.69 Å². The van der Waals surface area contributed by atoms with E-state index >= 15 is 0 Å². The first-order valence-corrected chi connectivity index (χ1v) is 14.4. The third kappa shape index (κ3) is 7.36. The molecule has 0 bridgehead atoms. The number of hydrogen-bond acceptors (Lipinski definition) is 4. The Morgan fingerprint density at radius 2 is 1.66 bits per heavy atom. The molecule has 0 radical (unpaired) electrons. The van der Waals surface area contributed by atoms with Crippen LogP contribution < -0.4 is 9.62 Å². The zero-order chi connectivity index (χ0) is 27.7. The van der Waals surface area contributed by atoms with Gasteiger partial charge in [0.15, 0.2) is 0 Å². The number of aryl methyl sites for hydroxylation is 1. The highest BCUT2D eigenvalue weighted by Crippen LogP contribution is 2.27. The minimum Gasteiger partial charge on any atom is -0.354 e. The SMILES string of the molecule is CCCNC(=O)[C@@H](CC)N(Cc1cccc(C)c1)C(=O)CN(c1cccc(Cl)c1)S(=O)(=O)c1ccccc1. The second kappa shape index (κ2) is 13.4. The Morgan fingerprint density at radius 3 is 2.29 bits per heavy atom. The summed E-state index contributed by atoms with van der Waals surface area (Å²) in [6, 6.07) is 21.2. The molecule has 9 heteroatoms. The first-order valence-electron chi connectivity index (χ1n) is 12.6. The largest absolute Gasteiger partial charge is 0.354 e. The molecule has 1 N–H and O–H groups in total. The minimum absolute atomic E-state index is 0.0470. The summed E-state index contributed by atoms with van der Waals surface area (Å²) < 4.78 is 28.6. The van der Waals surface area contributed by atoms with E-state index in [0.717, 1.165) is 21.9 Å². The van der Waals surface area contributed by atoms with Gasteiger partial charge in [0.25, 0.3) is 10.0 Å². The minimum atomic E-state index is -4.12. The predicted octanol–water partition coefficient (Wildman–Crippen LogP) is 5.18. The Bertz CT molecular complexity index is 1350. The van der Waals surface area contributed by atoms with Crippen LogP contribution in [0.25, 0.3) is 0 Å². The van der Waals surface area contributed by atoms with E-state index < -0.39 is 28.5 Å². The van der Waals surface area contributed by atoms with E-state index in [2.05, 4.69) is 5.32 Å². The maximum atomic E-state index is 14.0. The van der Waals surface area contributed by atoms with Gasteiger partial charge in [0.05, 0.1) is 10.6 Å². The number of rotatable bonds is 12. The Balaban J connectivity index is 2.04. The number of halogens is 1. The molecule has 0 aliphatic heterocycles. The molecule has 0 aliphatic carbocycles. The van der Waals surface area contributed by atoms with Crippen molar-refractivity contribution in [1.82, 2.24) is 10.2 Å². The first kappa shape index (κ1) is 29.2. The number of sulfonamides is 1. The van der Waals surface area contributed by atoms with Gasteiger partial charge in [0, 0.05) is 18.1 Å². The number of anilines is 1. The number of nitrogens with zero attached hydrogens (tertiary/aromatic N) is 2. The van der Waals surface area contributed by atoms with Crippen molar-refractivity contribution in [3.63, 3.8) is 0 Å². The van der Waals surface area contributed by atoms with E-state index in [9.17, 15) is 18.0 Å². The molecule has 3 rings (SSSR count). The van der Waals surface area contributed by atoms with Crippen LogP contribution in [0, 0.1) is 6.92 Å². The van der Waals surface area contributed by atoms with E-state index in [0.29, 0.717) is 18.0 Å². The van der Waals surface area contributed by atoms with Crippen LogP contribution in [0.5, 0.6) is 0 Å². The van der Waals surface area contributed by atoms with Crippen molar-refractivity contribution in [2.24, 2.45) is 0 Å². The molecule has 0 heterocycles. The lowest BCUT2D eigenvalue weighted by Gasteiger charge is -2.33. The number of hydrogen-bond donors (Lipinski definition) is 1. The average Bonchev–Trinajstić information content (AvgIpc) is 2.90. The van der Waals surface area contributed by atoms with Crippen molar-refractivity contribution in [3.05, 3.63) is 95.0 Å². The van der Waals surface area contributed by atoms with Crippen molar-refractivity contribution in [2.75, 3.05) is 17.4 Å². The van der Waals surface area contributed by atoms with Gasteiger partial charge in [-0.15, -0.1) is 0 Å². The van der Waals surface area contributed by atoms with Gasteiger partial charge in [0.1, 0.15) is 12.6 Å². The number of nitrogens with one attached hydrogen (secondary N) is 1. The Morgan fingerprint density at radius 1 is 0.947 bits per heavy atom. The van der Waals surface area contributed by atoms with Crippen LogP contribution in [0.2, 0.25) is 5.02 Å². The topological polar surface area (TPSA) is 86.8 Å².